The van der Waals surface area contributed by atoms with Crippen molar-refractivity contribution in [2.24, 2.45) is 5.73 Å². The molecule has 2 aromatic carbocycles. The van der Waals surface area contributed by atoms with E-state index in [0.29, 0.717) is 31.6 Å². The molecule has 4 nitrogen and oxygen atoms in total. The first-order valence-electron chi connectivity index (χ1n) is 8.81. The minimum absolute atomic E-state index is 0.00236. The quantitative estimate of drug-likeness (QED) is 0.768. The van der Waals surface area contributed by atoms with Gasteiger partial charge in [-0.3, -0.25) is 4.79 Å². The third kappa shape index (κ3) is 4.18. The Kier molecular flexibility index (Phi) is 5.71. The number of amides is 1. The molecule has 0 atom stereocenters. The summed E-state index contributed by atoms with van der Waals surface area (Å²) in [6.45, 7) is 0.483. The number of hydrogen-bond donors (Lipinski definition) is 2. The standard InChI is InChI=1S/C20H20F4N2O2/c21-16-3-1-2-14(10-16)19(4-6-28-7-5-19)18(27)26-17-9-13(12-25)8-15(11-17)20(22,23)24/h1-3,8-11H,4-7,12,25H2,(H,26,27). The van der Waals surface area contributed by atoms with Crippen molar-refractivity contribution in [1.29, 1.82) is 0 Å². The zero-order valence-electron chi connectivity index (χ0n) is 15.0. The Balaban J connectivity index is 1.97. The molecule has 1 fully saturated rings. The van der Waals surface area contributed by atoms with E-state index in [1.165, 1.54) is 24.3 Å². The number of benzene rings is 2. The summed E-state index contributed by atoms with van der Waals surface area (Å²) < 4.78 is 58.5. The molecule has 28 heavy (non-hydrogen) atoms. The molecule has 0 spiro atoms. The van der Waals surface area contributed by atoms with Crippen LogP contribution in [-0.4, -0.2) is 19.1 Å². The van der Waals surface area contributed by atoms with Gasteiger partial charge in [0.15, 0.2) is 0 Å². The molecule has 2 aromatic rings. The van der Waals surface area contributed by atoms with E-state index < -0.39 is 28.9 Å². The monoisotopic (exact) mass is 396 g/mol. The zero-order chi connectivity index (χ0) is 20.4. The smallest absolute Gasteiger partial charge is 0.381 e. The second-order valence-electron chi connectivity index (χ2n) is 6.78. The lowest BCUT2D eigenvalue weighted by atomic mass is 9.73. The van der Waals surface area contributed by atoms with Gasteiger partial charge >= 0.3 is 6.18 Å². The van der Waals surface area contributed by atoms with E-state index in [9.17, 15) is 22.4 Å². The summed E-state index contributed by atoms with van der Waals surface area (Å²) in [7, 11) is 0. The fraction of sp³-hybridized carbons (Fsp3) is 0.350. The van der Waals surface area contributed by atoms with Crippen LogP contribution < -0.4 is 11.1 Å². The van der Waals surface area contributed by atoms with Crippen molar-refractivity contribution >= 4 is 11.6 Å². The van der Waals surface area contributed by atoms with Crippen molar-refractivity contribution in [3.63, 3.8) is 0 Å². The van der Waals surface area contributed by atoms with Crippen molar-refractivity contribution in [3.05, 3.63) is 65.0 Å². The Morgan fingerprint density at radius 2 is 1.86 bits per heavy atom. The molecule has 1 amide bonds. The van der Waals surface area contributed by atoms with Crippen molar-refractivity contribution in [3.8, 4) is 0 Å². The van der Waals surface area contributed by atoms with Crippen LogP contribution in [0.25, 0.3) is 0 Å². The van der Waals surface area contributed by atoms with Crippen LogP contribution in [0, 0.1) is 5.82 Å². The number of nitrogens with one attached hydrogen (secondary N) is 1. The Hall–Kier alpha value is -2.45. The van der Waals surface area contributed by atoms with E-state index in [1.807, 2.05) is 0 Å². The number of halogens is 4. The van der Waals surface area contributed by atoms with Crippen LogP contribution in [0.2, 0.25) is 0 Å². The van der Waals surface area contributed by atoms with Gasteiger partial charge in [-0.2, -0.15) is 13.2 Å². The zero-order valence-corrected chi connectivity index (χ0v) is 15.0. The van der Waals surface area contributed by atoms with Gasteiger partial charge in [0.2, 0.25) is 5.91 Å². The normalized spacial score (nSPS) is 16.6. The molecule has 1 aliphatic heterocycles. The number of anilines is 1. The van der Waals surface area contributed by atoms with E-state index >= 15 is 0 Å². The third-order valence-electron chi connectivity index (χ3n) is 4.97. The summed E-state index contributed by atoms with van der Waals surface area (Å²) in [5, 5.41) is 2.59. The number of nitrogens with two attached hydrogens (primary N) is 1. The molecule has 0 aromatic heterocycles. The molecular formula is C20H20F4N2O2. The van der Waals surface area contributed by atoms with Gasteiger partial charge in [0.05, 0.1) is 11.0 Å². The highest BCUT2D eigenvalue weighted by Gasteiger charge is 2.42. The van der Waals surface area contributed by atoms with Crippen LogP contribution in [0.5, 0.6) is 0 Å². The van der Waals surface area contributed by atoms with Gasteiger partial charge < -0.3 is 15.8 Å². The first-order chi connectivity index (χ1) is 13.2. The van der Waals surface area contributed by atoms with Crippen molar-refractivity contribution in [2.75, 3.05) is 18.5 Å². The SMILES string of the molecule is NCc1cc(NC(=O)C2(c3cccc(F)c3)CCOCC2)cc(C(F)(F)F)c1. The second kappa shape index (κ2) is 7.89. The van der Waals surface area contributed by atoms with Gasteiger partial charge in [-0.05, 0) is 54.3 Å². The molecule has 3 N–H and O–H groups in total. The predicted octanol–water partition coefficient (Wildman–Crippen LogP) is 3.99. The van der Waals surface area contributed by atoms with Gasteiger partial charge in [0.25, 0.3) is 0 Å². The summed E-state index contributed by atoms with van der Waals surface area (Å²) in [5.41, 5.74) is 4.24. The highest BCUT2D eigenvalue weighted by Crippen LogP contribution is 2.37. The minimum atomic E-state index is -4.57. The van der Waals surface area contributed by atoms with E-state index in [-0.39, 0.29) is 17.8 Å². The van der Waals surface area contributed by atoms with Gasteiger partial charge in [-0.1, -0.05) is 12.1 Å². The molecule has 0 unspecified atom stereocenters. The average Bonchev–Trinajstić information content (AvgIpc) is 2.67. The lowest BCUT2D eigenvalue weighted by Crippen LogP contribution is -2.45. The summed E-state index contributed by atoms with van der Waals surface area (Å²) in [6, 6.07) is 8.93. The lowest BCUT2D eigenvalue weighted by Gasteiger charge is -2.36. The molecule has 0 radical (unpaired) electrons. The number of rotatable bonds is 4. The fourth-order valence-electron chi connectivity index (χ4n) is 3.45. The molecule has 0 aliphatic carbocycles. The van der Waals surface area contributed by atoms with Crippen LogP contribution in [0.3, 0.4) is 0 Å². The number of hydrogen-bond acceptors (Lipinski definition) is 3. The highest BCUT2D eigenvalue weighted by atomic mass is 19.4. The Morgan fingerprint density at radius 1 is 1.14 bits per heavy atom. The van der Waals surface area contributed by atoms with Crippen LogP contribution >= 0.6 is 0 Å². The van der Waals surface area contributed by atoms with E-state index in [2.05, 4.69) is 5.32 Å². The Labute approximate surface area is 159 Å². The third-order valence-corrected chi connectivity index (χ3v) is 4.97. The summed E-state index contributed by atoms with van der Waals surface area (Å²) in [4.78, 5) is 13.2. The molecule has 3 rings (SSSR count). The average molecular weight is 396 g/mol. The first-order valence-corrected chi connectivity index (χ1v) is 8.81. The van der Waals surface area contributed by atoms with Crippen LogP contribution in [0.1, 0.15) is 29.5 Å². The van der Waals surface area contributed by atoms with Gasteiger partial charge in [-0.25, -0.2) is 4.39 Å². The molecule has 0 bridgehead atoms. The van der Waals surface area contributed by atoms with Crippen LogP contribution in [0.4, 0.5) is 23.2 Å². The number of carbonyl (C=O) groups excluding carboxylic acids is 1. The maximum absolute atomic E-state index is 13.8. The largest absolute Gasteiger partial charge is 0.416 e. The molecule has 1 heterocycles. The van der Waals surface area contributed by atoms with Gasteiger partial charge in [0.1, 0.15) is 5.82 Å². The van der Waals surface area contributed by atoms with E-state index in [1.54, 1.807) is 6.07 Å². The molecule has 150 valence electrons. The lowest BCUT2D eigenvalue weighted by molar-refractivity contribution is -0.137. The summed E-state index contributed by atoms with van der Waals surface area (Å²) >= 11 is 0. The second-order valence-corrected chi connectivity index (χ2v) is 6.78. The van der Waals surface area contributed by atoms with Crippen LogP contribution in [-0.2, 0) is 27.7 Å². The van der Waals surface area contributed by atoms with E-state index in [0.717, 1.165) is 12.1 Å². The predicted molar refractivity (Wildman–Crippen MR) is 96.1 cm³/mol. The first kappa shape index (κ1) is 20.3. The van der Waals surface area contributed by atoms with Crippen molar-refractivity contribution in [2.45, 2.75) is 31.0 Å². The van der Waals surface area contributed by atoms with Gasteiger partial charge in [-0.15, -0.1) is 0 Å². The Morgan fingerprint density at radius 3 is 2.46 bits per heavy atom. The van der Waals surface area contributed by atoms with Crippen LogP contribution in [0.15, 0.2) is 42.5 Å². The summed E-state index contributed by atoms with van der Waals surface area (Å²) in [5.74, 6) is -0.982. The molecule has 1 saturated heterocycles. The maximum atomic E-state index is 13.8. The topological polar surface area (TPSA) is 64.3 Å². The molecule has 8 heteroatoms. The van der Waals surface area contributed by atoms with Crippen molar-refractivity contribution < 1.29 is 27.1 Å². The number of carbonyl (C=O) groups is 1. The number of alkyl halides is 3. The fourth-order valence-corrected chi connectivity index (χ4v) is 3.45. The molecule has 1 aliphatic rings. The summed E-state index contributed by atoms with van der Waals surface area (Å²) in [6.07, 6.45) is -3.97. The van der Waals surface area contributed by atoms with Gasteiger partial charge in [0, 0.05) is 25.4 Å². The van der Waals surface area contributed by atoms with E-state index in [4.69, 9.17) is 10.5 Å². The minimum Gasteiger partial charge on any atom is -0.381 e. The van der Waals surface area contributed by atoms with Crippen molar-refractivity contribution in [1.82, 2.24) is 0 Å². The molecular weight excluding hydrogens is 376 g/mol. The number of ether oxygens (including phenoxy) is 1. The maximum Gasteiger partial charge on any atom is 0.416 e. The highest BCUT2D eigenvalue weighted by molar-refractivity contribution is 5.99. The Bertz CT molecular complexity index is 862. The molecule has 0 saturated carbocycles.